The van der Waals surface area contributed by atoms with Crippen molar-refractivity contribution in [1.29, 1.82) is 0 Å². The summed E-state index contributed by atoms with van der Waals surface area (Å²) < 4.78 is 0. The standard InChI is InChI=1S/C15H20O/c1-6-11-8-9-12(15(3,4)5)10-13(11)14(16)7-2/h7-10H,2,6H2,1,3-5H3. The molecule has 1 aromatic rings. The zero-order valence-electron chi connectivity index (χ0n) is 10.6. The van der Waals surface area contributed by atoms with Crippen molar-refractivity contribution < 1.29 is 4.79 Å². The minimum absolute atomic E-state index is 0.0166. The molecular formula is C15H20O. The molecule has 1 heteroatoms. The molecule has 0 aliphatic rings. The number of carbonyl (C=O) groups is 1. The summed E-state index contributed by atoms with van der Waals surface area (Å²) >= 11 is 0. The van der Waals surface area contributed by atoms with Crippen LogP contribution in [0.2, 0.25) is 0 Å². The van der Waals surface area contributed by atoms with Crippen LogP contribution in [0.15, 0.2) is 30.9 Å². The van der Waals surface area contributed by atoms with Gasteiger partial charge in [0.05, 0.1) is 0 Å². The largest absolute Gasteiger partial charge is 0.289 e. The zero-order chi connectivity index (χ0) is 12.3. The van der Waals surface area contributed by atoms with Crippen molar-refractivity contribution in [1.82, 2.24) is 0 Å². The van der Waals surface area contributed by atoms with Crippen LogP contribution in [0.3, 0.4) is 0 Å². The lowest BCUT2D eigenvalue weighted by Gasteiger charge is -2.20. The molecular weight excluding hydrogens is 196 g/mol. The first kappa shape index (κ1) is 12.7. The predicted octanol–water partition coefficient (Wildman–Crippen LogP) is 3.92. The Morgan fingerprint density at radius 2 is 2.00 bits per heavy atom. The van der Waals surface area contributed by atoms with Crippen LogP contribution in [0.1, 0.15) is 49.2 Å². The number of allylic oxidation sites excluding steroid dienone is 1. The Labute approximate surface area is 98.2 Å². The molecule has 1 nitrogen and oxygen atoms in total. The van der Waals surface area contributed by atoms with Gasteiger partial charge in [-0.1, -0.05) is 46.4 Å². The van der Waals surface area contributed by atoms with Crippen LogP contribution in [0, 0.1) is 0 Å². The monoisotopic (exact) mass is 216 g/mol. The highest BCUT2D eigenvalue weighted by atomic mass is 16.1. The molecule has 0 aromatic heterocycles. The van der Waals surface area contributed by atoms with E-state index in [1.165, 1.54) is 11.6 Å². The third-order valence-electron chi connectivity index (χ3n) is 2.81. The average molecular weight is 216 g/mol. The molecule has 86 valence electrons. The topological polar surface area (TPSA) is 17.1 Å². The Morgan fingerprint density at radius 1 is 1.38 bits per heavy atom. The van der Waals surface area contributed by atoms with Gasteiger partial charge in [0, 0.05) is 5.56 Å². The molecule has 0 aliphatic heterocycles. The second-order valence-corrected chi connectivity index (χ2v) is 5.04. The van der Waals surface area contributed by atoms with Gasteiger partial charge < -0.3 is 0 Å². The molecule has 0 saturated heterocycles. The molecule has 0 heterocycles. The maximum atomic E-state index is 11.8. The number of ketones is 1. The highest BCUT2D eigenvalue weighted by Crippen LogP contribution is 2.25. The lowest BCUT2D eigenvalue weighted by molar-refractivity contribution is 0.104. The van der Waals surface area contributed by atoms with Gasteiger partial charge >= 0.3 is 0 Å². The van der Waals surface area contributed by atoms with Crippen LogP contribution < -0.4 is 0 Å². The van der Waals surface area contributed by atoms with E-state index < -0.39 is 0 Å². The second kappa shape index (κ2) is 4.65. The minimum Gasteiger partial charge on any atom is -0.289 e. The van der Waals surface area contributed by atoms with Crippen molar-refractivity contribution in [3.8, 4) is 0 Å². The lowest BCUT2D eigenvalue weighted by Crippen LogP contribution is -2.13. The molecule has 0 N–H and O–H groups in total. The Hall–Kier alpha value is -1.37. The van der Waals surface area contributed by atoms with Crippen LogP contribution in [-0.2, 0) is 11.8 Å². The van der Waals surface area contributed by atoms with Crippen molar-refractivity contribution in [2.75, 3.05) is 0 Å². The molecule has 0 saturated carbocycles. The number of aryl methyl sites for hydroxylation is 1. The normalized spacial score (nSPS) is 11.2. The Bertz CT molecular complexity index is 408. The average Bonchev–Trinajstić information content (AvgIpc) is 2.25. The van der Waals surface area contributed by atoms with E-state index in [0.29, 0.717) is 0 Å². The molecule has 1 rings (SSSR count). The molecule has 0 bridgehead atoms. The van der Waals surface area contributed by atoms with Gasteiger partial charge in [0.25, 0.3) is 0 Å². The van der Waals surface area contributed by atoms with Crippen LogP contribution in [0.5, 0.6) is 0 Å². The van der Waals surface area contributed by atoms with Gasteiger partial charge in [0.2, 0.25) is 0 Å². The van der Waals surface area contributed by atoms with E-state index in [9.17, 15) is 4.79 Å². The van der Waals surface area contributed by atoms with Gasteiger partial charge in [0.15, 0.2) is 5.78 Å². The predicted molar refractivity (Wildman–Crippen MR) is 69.0 cm³/mol. The van der Waals surface area contributed by atoms with Crippen molar-refractivity contribution >= 4 is 5.78 Å². The van der Waals surface area contributed by atoms with E-state index in [1.807, 2.05) is 6.07 Å². The van der Waals surface area contributed by atoms with Gasteiger partial charge in [-0.2, -0.15) is 0 Å². The molecule has 0 radical (unpaired) electrons. The van der Waals surface area contributed by atoms with Crippen molar-refractivity contribution in [2.24, 2.45) is 0 Å². The minimum atomic E-state index is 0.0166. The van der Waals surface area contributed by atoms with E-state index >= 15 is 0 Å². The molecule has 0 atom stereocenters. The molecule has 1 aromatic carbocycles. The van der Waals surface area contributed by atoms with Gasteiger partial charge in [-0.05, 0) is 35.1 Å². The van der Waals surface area contributed by atoms with Crippen LogP contribution in [0.25, 0.3) is 0 Å². The van der Waals surface area contributed by atoms with Gasteiger partial charge in [0.1, 0.15) is 0 Å². The highest BCUT2D eigenvalue weighted by Gasteiger charge is 2.16. The van der Waals surface area contributed by atoms with Crippen LogP contribution in [-0.4, -0.2) is 5.78 Å². The number of carbonyl (C=O) groups excluding carboxylic acids is 1. The van der Waals surface area contributed by atoms with Crippen molar-refractivity contribution in [3.05, 3.63) is 47.5 Å². The second-order valence-electron chi connectivity index (χ2n) is 5.04. The van der Waals surface area contributed by atoms with Gasteiger partial charge in [-0.3, -0.25) is 4.79 Å². The molecule has 0 spiro atoms. The fraction of sp³-hybridized carbons (Fsp3) is 0.400. The summed E-state index contributed by atoms with van der Waals surface area (Å²) in [5.41, 5.74) is 3.15. The Balaban J connectivity index is 3.32. The number of hydrogen-bond donors (Lipinski definition) is 0. The Kier molecular flexibility index (Phi) is 3.69. The summed E-state index contributed by atoms with van der Waals surface area (Å²) in [7, 11) is 0. The van der Waals surface area contributed by atoms with E-state index in [4.69, 9.17) is 0 Å². The maximum absolute atomic E-state index is 11.8. The molecule has 0 fully saturated rings. The molecule has 0 aliphatic carbocycles. The summed E-state index contributed by atoms with van der Waals surface area (Å²) in [6.45, 7) is 12.1. The SMILES string of the molecule is C=CC(=O)c1cc(C(C)(C)C)ccc1CC. The van der Waals surface area contributed by atoms with E-state index in [0.717, 1.165) is 17.5 Å². The van der Waals surface area contributed by atoms with Crippen molar-refractivity contribution in [2.45, 2.75) is 39.5 Å². The summed E-state index contributed by atoms with van der Waals surface area (Å²) in [6, 6.07) is 6.17. The fourth-order valence-electron chi connectivity index (χ4n) is 1.69. The summed E-state index contributed by atoms with van der Waals surface area (Å²) in [6.07, 6.45) is 2.26. The number of hydrogen-bond acceptors (Lipinski definition) is 1. The van der Waals surface area contributed by atoms with Gasteiger partial charge in [-0.15, -0.1) is 0 Å². The quantitative estimate of drug-likeness (QED) is 0.553. The number of rotatable bonds is 3. The van der Waals surface area contributed by atoms with Crippen LogP contribution in [0.4, 0.5) is 0 Å². The van der Waals surface area contributed by atoms with Crippen molar-refractivity contribution in [3.63, 3.8) is 0 Å². The van der Waals surface area contributed by atoms with Gasteiger partial charge in [-0.25, -0.2) is 0 Å². The third-order valence-corrected chi connectivity index (χ3v) is 2.81. The smallest absolute Gasteiger partial charge is 0.185 e. The highest BCUT2D eigenvalue weighted by molar-refractivity contribution is 6.05. The first-order valence-corrected chi connectivity index (χ1v) is 5.70. The summed E-state index contributed by atoms with van der Waals surface area (Å²) in [5.74, 6) is 0.0166. The molecule has 0 amide bonds. The lowest BCUT2D eigenvalue weighted by atomic mass is 9.84. The van der Waals surface area contributed by atoms with Crippen LogP contribution >= 0.6 is 0 Å². The van der Waals surface area contributed by atoms with E-state index in [1.54, 1.807) is 0 Å². The Morgan fingerprint density at radius 3 is 2.44 bits per heavy atom. The summed E-state index contributed by atoms with van der Waals surface area (Å²) in [4.78, 5) is 11.8. The van der Waals surface area contributed by atoms with E-state index in [2.05, 4.69) is 46.4 Å². The molecule has 0 unspecified atom stereocenters. The van der Waals surface area contributed by atoms with E-state index in [-0.39, 0.29) is 11.2 Å². The fourth-order valence-corrected chi connectivity index (χ4v) is 1.69. The zero-order valence-corrected chi connectivity index (χ0v) is 10.6. The molecule has 16 heavy (non-hydrogen) atoms. The summed E-state index contributed by atoms with van der Waals surface area (Å²) in [5, 5.41) is 0. The number of benzene rings is 1. The first-order valence-electron chi connectivity index (χ1n) is 5.70. The maximum Gasteiger partial charge on any atom is 0.185 e. The third kappa shape index (κ3) is 2.60. The first-order chi connectivity index (χ1) is 7.40.